The Hall–Kier alpha value is -2.83. The van der Waals surface area contributed by atoms with Crippen LogP contribution in [0, 0.1) is 0 Å². The summed E-state index contributed by atoms with van der Waals surface area (Å²) in [5.74, 6) is -0.0283. The van der Waals surface area contributed by atoms with Crippen LogP contribution in [0.5, 0.6) is 0 Å². The van der Waals surface area contributed by atoms with Gasteiger partial charge in [0.05, 0.1) is 12.2 Å². The predicted octanol–water partition coefficient (Wildman–Crippen LogP) is 2.28. The van der Waals surface area contributed by atoms with Crippen molar-refractivity contribution in [3.63, 3.8) is 0 Å². The lowest BCUT2D eigenvalue weighted by Gasteiger charge is -2.19. The first kappa shape index (κ1) is 17.5. The standard InChI is InChI=1S/C17H23N5O2/c1-12(15-9-18-22(4)11-15)19-17(24)20-16-8-6-5-7-14(16)10-21(3)13(2)23/h5-9,11-12H,10H2,1-4H3,(H2,19,20,24)/t12-/m1/s1. The van der Waals surface area contributed by atoms with Gasteiger partial charge in [-0.25, -0.2) is 4.79 Å². The maximum Gasteiger partial charge on any atom is 0.319 e. The Balaban J connectivity index is 2.02. The summed E-state index contributed by atoms with van der Waals surface area (Å²) in [6, 6.07) is 6.97. The summed E-state index contributed by atoms with van der Waals surface area (Å²) >= 11 is 0. The van der Waals surface area contributed by atoms with Gasteiger partial charge in [-0.2, -0.15) is 5.10 Å². The Labute approximate surface area is 141 Å². The van der Waals surface area contributed by atoms with Crippen LogP contribution in [-0.2, 0) is 18.4 Å². The van der Waals surface area contributed by atoms with Crippen LogP contribution in [0.3, 0.4) is 0 Å². The first-order chi connectivity index (χ1) is 11.4. The molecule has 1 heterocycles. The minimum atomic E-state index is -0.302. The van der Waals surface area contributed by atoms with Crippen LogP contribution in [-0.4, -0.2) is 33.7 Å². The fraction of sp³-hybridized carbons (Fsp3) is 0.353. The van der Waals surface area contributed by atoms with E-state index in [1.807, 2.05) is 44.4 Å². The smallest absolute Gasteiger partial charge is 0.319 e. The monoisotopic (exact) mass is 329 g/mol. The Bertz CT molecular complexity index is 725. The number of rotatable bonds is 5. The summed E-state index contributed by atoms with van der Waals surface area (Å²) in [6.07, 6.45) is 3.58. The number of para-hydroxylation sites is 1. The third-order valence-electron chi connectivity index (χ3n) is 3.78. The lowest BCUT2D eigenvalue weighted by Crippen LogP contribution is -2.32. The molecular weight excluding hydrogens is 306 g/mol. The highest BCUT2D eigenvalue weighted by molar-refractivity contribution is 5.90. The van der Waals surface area contributed by atoms with Crippen LogP contribution >= 0.6 is 0 Å². The summed E-state index contributed by atoms with van der Waals surface area (Å²) in [5, 5.41) is 9.82. The molecule has 0 radical (unpaired) electrons. The molecule has 2 N–H and O–H groups in total. The molecule has 1 aromatic carbocycles. The van der Waals surface area contributed by atoms with Gasteiger partial charge in [0.25, 0.3) is 0 Å². The molecule has 2 aromatic rings. The fourth-order valence-corrected chi connectivity index (χ4v) is 2.25. The van der Waals surface area contributed by atoms with Gasteiger partial charge >= 0.3 is 6.03 Å². The van der Waals surface area contributed by atoms with Crippen molar-refractivity contribution < 1.29 is 9.59 Å². The molecular formula is C17H23N5O2. The van der Waals surface area contributed by atoms with Gasteiger partial charge in [0.15, 0.2) is 0 Å². The Morgan fingerprint density at radius 1 is 1.33 bits per heavy atom. The molecule has 7 heteroatoms. The number of carbonyl (C=O) groups is 2. The predicted molar refractivity (Wildman–Crippen MR) is 92.4 cm³/mol. The quantitative estimate of drug-likeness (QED) is 0.883. The summed E-state index contributed by atoms with van der Waals surface area (Å²) in [7, 11) is 3.56. The third kappa shape index (κ3) is 4.58. The summed E-state index contributed by atoms with van der Waals surface area (Å²) in [6.45, 7) is 3.84. The van der Waals surface area contributed by atoms with Gasteiger partial charge in [0, 0.05) is 45.0 Å². The van der Waals surface area contributed by atoms with Crippen LogP contribution in [0.4, 0.5) is 10.5 Å². The summed E-state index contributed by atoms with van der Waals surface area (Å²) < 4.78 is 1.69. The lowest BCUT2D eigenvalue weighted by molar-refractivity contribution is -0.128. The largest absolute Gasteiger partial charge is 0.342 e. The second kappa shape index (κ2) is 7.63. The van der Waals surface area contributed by atoms with Gasteiger partial charge in [0.1, 0.15) is 0 Å². The van der Waals surface area contributed by atoms with Crippen LogP contribution in [0.1, 0.15) is 31.0 Å². The lowest BCUT2D eigenvalue weighted by atomic mass is 10.1. The molecule has 1 aromatic heterocycles. The third-order valence-corrected chi connectivity index (χ3v) is 3.78. The van der Waals surface area contributed by atoms with Gasteiger partial charge < -0.3 is 15.5 Å². The molecule has 1 atom stereocenters. The molecule has 0 bridgehead atoms. The number of carbonyl (C=O) groups excluding carboxylic acids is 2. The molecule has 0 saturated carbocycles. The van der Waals surface area contributed by atoms with Gasteiger partial charge in [-0.1, -0.05) is 18.2 Å². The summed E-state index contributed by atoms with van der Waals surface area (Å²) in [4.78, 5) is 25.2. The van der Waals surface area contributed by atoms with E-state index < -0.39 is 0 Å². The van der Waals surface area contributed by atoms with E-state index in [0.29, 0.717) is 12.2 Å². The minimum Gasteiger partial charge on any atom is -0.342 e. The maximum absolute atomic E-state index is 12.2. The molecule has 3 amide bonds. The van der Waals surface area contributed by atoms with E-state index in [1.165, 1.54) is 6.92 Å². The number of aromatic nitrogens is 2. The van der Waals surface area contributed by atoms with E-state index in [2.05, 4.69) is 15.7 Å². The highest BCUT2D eigenvalue weighted by atomic mass is 16.2. The van der Waals surface area contributed by atoms with E-state index in [-0.39, 0.29) is 18.0 Å². The molecule has 0 aliphatic rings. The van der Waals surface area contributed by atoms with Gasteiger partial charge in [-0.3, -0.25) is 9.48 Å². The number of hydrogen-bond donors (Lipinski definition) is 2. The number of nitrogens with one attached hydrogen (secondary N) is 2. The molecule has 0 unspecified atom stereocenters. The number of hydrogen-bond acceptors (Lipinski definition) is 3. The van der Waals surface area contributed by atoms with Gasteiger partial charge in [-0.05, 0) is 18.6 Å². The van der Waals surface area contributed by atoms with Gasteiger partial charge in [-0.15, -0.1) is 0 Å². The topological polar surface area (TPSA) is 79.3 Å². The van der Waals surface area contributed by atoms with E-state index >= 15 is 0 Å². The molecule has 0 saturated heterocycles. The molecule has 0 spiro atoms. The van der Waals surface area contributed by atoms with E-state index in [9.17, 15) is 9.59 Å². The van der Waals surface area contributed by atoms with Crippen LogP contribution in [0.15, 0.2) is 36.7 Å². The van der Waals surface area contributed by atoms with Crippen molar-refractivity contribution in [3.05, 3.63) is 47.8 Å². The fourth-order valence-electron chi connectivity index (χ4n) is 2.25. The van der Waals surface area contributed by atoms with Crippen LogP contribution < -0.4 is 10.6 Å². The van der Waals surface area contributed by atoms with E-state index in [1.54, 1.807) is 22.8 Å². The average molecular weight is 329 g/mol. The zero-order valence-corrected chi connectivity index (χ0v) is 14.4. The Kier molecular flexibility index (Phi) is 5.57. The van der Waals surface area contributed by atoms with Crippen molar-refractivity contribution in [1.82, 2.24) is 20.0 Å². The number of nitrogens with zero attached hydrogens (tertiary/aromatic N) is 3. The van der Waals surface area contributed by atoms with Crippen molar-refractivity contribution in [2.45, 2.75) is 26.4 Å². The first-order valence-corrected chi connectivity index (χ1v) is 7.72. The molecule has 0 aliphatic carbocycles. The molecule has 24 heavy (non-hydrogen) atoms. The van der Waals surface area contributed by atoms with Gasteiger partial charge in [0.2, 0.25) is 5.91 Å². The average Bonchev–Trinajstić information content (AvgIpc) is 2.95. The molecule has 7 nitrogen and oxygen atoms in total. The number of amides is 3. The van der Waals surface area contributed by atoms with Crippen molar-refractivity contribution in [1.29, 1.82) is 0 Å². The van der Waals surface area contributed by atoms with Crippen LogP contribution in [0.25, 0.3) is 0 Å². The van der Waals surface area contributed by atoms with Crippen molar-refractivity contribution >= 4 is 17.6 Å². The number of urea groups is 1. The molecule has 128 valence electrons. The number of aryl methyl sites for hydroxylation is 1. The van der Waals surface area contributed by atoms with Crippen molar-refractivity contribution in [2.24, 2.45) is 7.05 Å². The van der Waals surface area contributed by atoms with Crippen molar-refractivity contribution in [2.75, 3.05) is 12.4 Å². The number of benzene rings is 1. The number of anilines is 1. The summed E-state index contributed by atoms with van der Waals surface area (Å²) in [5.41, 5.74) is 2.48. The van der Waals surface area contributed by atoms with Crippen molar-refractivity contribution in [3.8, 4) is 0 Å². The first-order valence-electron chi connectivity index (χ1n) is 7.72. The Morgan fingerprint density at radius 2 is 2.04 bits per heavy atom. The van der Waals surface area contributed by atoms with E-state index in [0.717, 1.165) is 11.1 Å². The second-order valence-electron chi connectivity index (χ2n) is 5.80. The van der Waals surface area contributed by atoms with Crippen LogP contribution in [0.2, 0.25) is 0 Å². The zero-order valence-electron chi connectivity index (χ0n) is 14.4. The Morgan fingerprint density at radius 3 is 2.67 bits per heavy atom. The van der Waals surface area contributed by atoms with E-state index in [4.69, 9.17) is 0 Å². The minimum absolute atomic E-state index is 0.0283. The highest BCUT2D eigenvalue weighted by Gasteiger charge is 2.13. The molecule has 2 rings (SSSR count). The maximum atomic E-state index is 12.2. The SMILES string of the molecule is CC(=O)N(C)Cc1ccccc1NC(=O)N[C@H](C)c1cnn(C)c1. The second-order valence-corrected chi connectivity index (χ2v) is 5.80. The zero-order chi connectivity index (χ0) is 17.7. The highest BCUT2D eigenvalue weighted by Crippen LogP contribution is 2.17. The normalized spacial score (nSPS) is 11.7. The molecule has 0 fully saturated rings. The molecule has 0 aliphatic heterocycles.